The van der Waals surface area contributed by atoms with Crippen molar-refractivity contribution < 1.29 is 9.53 Å². The summed E-state index contributed by atoms with van der Waals surface area (Å²) in [5, 5.41) is 8.69. The van der Waals surface area contributed by atoms with E-state index in [1.807, 2.05) is 6.07 Å². The molecule has 1 aromatic carbocycles. The van der Waals surface area contributed by atoms with Gasteiger partial charge in [0.05, 0.1) is 11.6 Å². The summed E-state index contributed by atoms with van der Waals surface area (Å²) >= 11 is 3.27. The van der Waals surface area contributed by atoms with E-state index in [1.54, 1.807) is 18.2 Å². The Balaban J connectivity index is 2.49. The van der Waals surface area contributed by atoms with Crippen molar-refractivity contribution in [1.29, 1.82) is 5.26 Å². The summed E-state index contributed by atoms with van der Waals surface area (Å²) in [6.45, 7) is 0.157. The fourth-order valence-electron chi connectivity index (χ4n) is 1.35. The van der Waals surface area contributed by atoms with Gasteiger partial charge in [0.1, 0.15) is 18.3 Å². The zero-order valence-electron chi connectivity index (χ0n) is 7.16. The Morgan fingerprint density at radius 1 is 1.57 bits per heavy atom. The van der Waals surface area contributed by atoms with Crippen LogP contribution in [0.25, 0.3) is 0 Å². The molecule has 1 aliphatic rings. The van der Waals surface area contributed by atoms with E-state index in [4.69, 9.17) is 10.00 Å². The lowest BCUT2D eigenvalue weighted by Crippen LogP contribution is -2.26. The summed E-state index contributed by atoms with van der Waals surface area (Å²) in [5.41, 5.74) is 0.483. The number of rotatable bonds is 0. The van der Waals surface area contributed by atoms with E-state index in [0.717, 1.165) is 4.47 Å². The number of carbonyl (C=O) groups excluding carboxylic acids is 1. The second-order valence-corrected chi connectivity index (χ2v) is 3.91. The first-order valence-electron chi connectivity index (χ1n) is 4.08. The molecule has 4 heteroatoms. The number of benzene rings is 1. The third-order valence-corrected chi connectivity index (χ3v) is 2.58. The Hall–Kier alpha value is -1.34. The number of fused-ring (bicyclic) bond motifs is 1. The molecule has 1 aromatic rings. The van der Waals surface area contributed by atoms with Gasteiger partial charge in [0.25, 0.3) is 0 Å². The lowest BCUT2D eigenvalue weighted by molar-refractivity contribution is 0.0879. The summed E-state index contributed by atoms with van der Waals surface area (Å²) in [6, 6.07) is 7.14. The van der Waals surface area contributed by atoms with E-state index in [2.05, 4.69) is 15.9 Å². The average molecular weight is 252 g/mol. The van der Waals surface area contributed by atoms with Gasteiger partial charge in [0, 0.05) is 4.47 Å². The zero-order chi connectivity index (χ0) is 10.1. The molecule has 70 valence electrons. The number of halogens is 1. The van der Waals surface area contributed by atoms with Crippen LogP contribution in [0.5, 0.6) is 5.75 Å². The smallest absolute Gasteiger partial charge is 0.187 e. The number of nitrogens with zero attached hydrogens (tertiary/aromatic N) is 1. The number of nitriles is 1. The molecule has 14 heavy (non-hydrogen) atoms. The Morgan fingerprint density at radius 2 is 2.36 bits per heavy atom. The molecule has 0 fully saturated rings. The molecule has 1 heterocycles. The second kappa shape index (κ2) is 3.43. The molecular formula is C10H6BrNO2. The van der Waals surface area contributed by atoms with Gasteiger partial charge in [-0.2, -0.15) is 5.26 Å². The summed E-state index contributed by atoms with van der Waals surface area (Å²) in [6.07, 6.45) is 0. The normalized spacial score (nSPS) is 19.4. The van der Waals surface area contributed by atoms with Crippen LogP contribution in [-0.2, 0) is 0 Å². The van der Waals surface area contributed by atoms with E-state index < -0.39 is 5.92 Å². The van der Waals surface area contributed by atoms with Crippen molar-refractivity contribution in [2.24, 2.45) is 5.92 Å². The Bertz CT molecular complexity index is 436. The van der Waals surface area contributed by atoms with Crippen LogP contribution in [0.3, 0.4) is 0 Å². The molecule has 1 unspecified atom stereocenters. The predicted molar refractivity (Wildman–Crippen MR) is 53.1 cm³/mol. The molecule has 0 radical (unpaired) electrons. The third kappa shape index (κ3) is 1.40. The zero-order valence-corrected chi connectivity index (χ0v) is 8.74. The largest absolute Gasteiger partial charge is 0.491 e. The molecule has 0 N–H and O–H groups in total. The maximum atomic E-state index is 11.7. The van der Waals surface area contributed by atoms with Gasteiger partial charge in [-0.05, 0) is 18.2 Å². The number of carbonyl (C=O) groups is 1. The molecule has 0 amide bonds. The summed E-state index contributed by atoms with van der Waals surface area (Å²) in [5.74, 6) is -0.267. The van der Waals surface area contributed by atoms with Gasteiger partial charge < -0.3 is 4.74 Å². The van der Waals surface area contributed by atoms with Crippen LogP contribution < -0.4 is 4.74 Å². The highest BCUT2D eigenvalue weighted by Gasteiger charge is 2.28. The summed E-state index contributed by atoms with van der Waals surface area (Å²) in [7, 11) is 0. The molecule has 0 aliphatic carbocycles. The Labute approximate surface area is 89.4 Å². The van der Waals surface area contributed by atoms with E-state index in [0.29, 0.717) is 11.3 Å². The minimum absolute atomic E-state index is 0.157. The average Bonchev–Trinajstić information content (AvgIpc) is 2.20. The van der Waals surface area contributed by atoms with E-state index in [1.165, 1.54) is 0 Å². The Kier molecular flexibility index (Phi) is 2.26. The maximum absolute atomic E-state index is 11.7. The van der Waals surface area contributed by atoms with Gasteiger partial charge in [0.15, 0.2) is 5.78 Å². The van der Waals surface area contributed by atoms with Crippen molar-refractivity contribution >= 4 is 21.7 Å². The highest BCUT2D eigenvalue weighted by Crippen LogP contribution is 2.29. The van der Waals surface area contributed by atoms with Gasteiger partial charge in [-0.15, -0.1) is 0 Å². The molecule has 2 rings (SSSR count). The molecule has 0 bridgehead atoms. The molecule has 1 atom stereocenters. The first-order valence-corrected chi connectivity index (χ1v) is 4.88. The van der Waals surface area contributed by atoms with Crippen LogP contribution in [0.4, 0.5) is 0 Å². The van der Waals surface area contributed by atoms with Crippen molar-refractivity contribution in [1.82, 2.24) is 0 Å². The SMILES string of the molecule is N#CC1COc2ccc(Br)cc2C1=O. The highest BCUT2D eigenvalue weighted by molar-refractivity contribution is 9.10. The maximum Gasteiger partial charge on any atom is 0.187 e. The minimum Gasteiger partial charge on any atom is -0.491 e. The number of Topliss-reactive ketones (excluding diaryl/α,β-unsaturated/α-hetero) is 1. The van der Waals surface area contributed by atoms with Gasteiger partial charge in [-0.1, -0.05) is 15.9 Å². The molecular weight excluding hydrogens is 246 g/mol. The van der Waals surface area contributed by atoms with Crippen LogP contribution in [-0.4, -0.2) is 12.4 Å². The lowest BCUT2D eigenvalue weighted by atomic mass is 9.96. The minimum atomic E-state index is -0.670. The van der Waals surface area contributed by atoms with Crippen molar-refractivity contribution in [2.75, 3.05) is 6.61 Å². The highest BCUT2D eigenvalue weighted by atomic mass is 79.9. The fraction of sp³-hybridized carbons (Fsp3) is 0.200. The number of hydrogen-bond donors (Lipinski definition) is 0. The number of hydrogen-bond acceptors (Lipinski definition) is 3. The Morgan fingerprint density at radius 3 is 3.07 bits per heavy atom. The number of ether oxygens (including phenoxy) is 1. The van der Waals surface area contributed by atoms with Crippen molar-refractivity contribution in [3.05, 3.63) is 28.2 Å². The van der Waals surface area contributed by atoms with Crippen LogP contribution in [0, 0.1) is 17.2 Å². The van der Waals surface area contributed by atoms with E-state index in [-0.39, 0.29) is 12.4 Å². The summed E-state index contributed by atoms with van der Waals surface area (Å²) in [4.78, 5) is 11.7. The van der Waals surface area contributed by atoms with Crippen molar-refractivity contribution in [3.8, 4) is 11.8 Å². The molecule has 0 saturated carbocycles. The topological polar surface area (TPSA) is 50.1 Å². The first kappa shape index (κ1) is 9.22. The lowest BCUT2D eigenvalue weighted by Gasteiger charge is -2.19. The molecule has 3 nitrogen and oxygen atoms in total. The van der Waals surface area contributed by atoms with Gasteiger partial charge in [0.2, 0.25) is 0 Å². The van der Waals surface area contributed by atoms with Gasteiger partial charge >= 0.3 is 0 Å². The second-order valence-electron chi connectivity index (χ2n) is 3.00. The fourth-order valence-corrected chi connectivity index (χ4v) is 1.71. The van der Waals surface area contributed by atoms with Crippen LogP contribution in [0.1, 0.15) is 10.4 Å². The number of ketones is 1. The quantitative estimate of drug-likeness (QED) is 0.710. The summed E-state index contributed by atoms with van der Waals surface area (Å²) < 4.78 is 6.10. The van der Waals surface area contributed by atoms with E-state index in [9.17, 15) is 4.79 Å². The molecule has 1 aliphatic heterocycles. The van der Waals surface area contributed by atoms with E-state index >= 15 is 0 Å². The van der Waals surface area contributed by atoms with Crippen LogP contribution >= 0.6 is 15.9 Å². The van der Waals surface area contributed by atoms with Crippen LogP contribution in [0.15, 0.2) is 22.7 Å². The predicted octanol–water partition coefficient (Wildman–Crippen LogP) is 2.16. The standard InChI is InChI=1S/C10H6BrNO2/c11-7-1-2-9-8(3-7)10(13)6(4-12)5-14-9/h1-3,6H,5H2. The van der Waals surface area contributed by atoms with Gasteiger partial charge in [-0.25, -0.2) is 0 Å². The van der Waals surface area contributed by atoms with Gasteiger partial charge in [-0.3, -0.25) is 4.79 Å². The molecule has 0 spiro atoms. The van der Waals surface area contributed by atoms with Crippen molar-refractivity contribution in [2.45, 2.75) is 0 Å². The molecule has 0 aromatic heterocycles. The third-order valence-electron chi connectivity index (χ3n) is 2.08. The van der Waals surface area contributed by atoms with Crippen LogP contribution in [0.2, 0.25) is 0 Å². The van der Waals surface area contributed by atoms with Crippen molar-refractivity contribution in [3.63, 3.8) is 0 Å². The monoisotopic (exact) mass is 251 g/mol. The molecule has 0 saturated heterocycles. The first-order chi connectivity index (χ1) is 6.72.